The standard InChI is InChI=1S/C17H20N8/c1-12-20-11-25(24-12)15-4-2-13(3-5-15)22-17-19-9-7-16(23-17)21-14-6-8-18-10-14/h2-5,7,9,11,14,18H,6,8,10H2,1H3,(H2,19,21,22,23). The van der Waals surface area contributed by atoms with E-state index in [4.69, 9.17) is 0 Å². The van der Waals surface area contributed by atoms with Crippen molar-refractivity contribution in [2.24, 2.45) is 0 Å². The quantitative estimate of drug-likeness (QED) is 0.655. The first kappa shape index (κ1) is 15.5. The number of rotatable bonds is 5. The van der Waals surface area contributed by atoms with E-state index in [9.17, 15) is 0 Å². The Morgan fingerprint density at radius 2 is 2.04 bits per heavy atom. The van der Waals surface area contributed by atoms with Crippen LogP contribution < -0.4 is 16.0 Å². The van der Waals surface area contributed by atoms with Crippen LogP contribution in [-0.4, -0.2) is 43.9 Å². The average Bonchev–Trinajstić information content (AvgIpc) is 3.28. The van der Waals surface area contributed by atoms with Gasteiger partial charge in [0.2, 0.25) is 5.95 Å². The number of nitrogens with one attached hydrogen (secondary N) is 3. The second-order valence-electron chi connectivity index (χ2n) is 6.01. The highest BCUT2D eigenvalue weighted by Crippen LogP contribution is 2.17. The van der Waals surface area contributed by atoms with Crippen LogP contribution >= 0.6 is 0 Å². The minimum Gasteiger partial charge on any atom is -0.366 e. The summed E-state index contributed by atoms with van der Waals surface area (Å²) in [6.45, 7) is 3.88. The number of benzene rings is 1. The van der Waals surface area contributed by atoms with Gasteiger partial charge in [-0.15, -0.1) is 0 Å². The Bertz CT molecular complexity index is 836. The van der Waals surface area contributed by atoms with Gasteiger partial charge in [-0.2, -0.15) is 10.1 Å². The van der Waals surface area contributed by atoms with Gasteiger partial charge in [-0.05, 0) is 50.2 Å². The second kappa shape index (κ2) is 6.86. The predicted molar refractivity (Wildman–Crippen MR) is 96.3 cm³/mol. The zero-order chi connectivity index (χ0) is 17.1. The molecule has 2 aromatic heterocycles. The zero-order valence-corrected chi connectivity index (χ0v) is 14.0. The summed E-state index contributed by atoms with van der Waals surface area (Å²) >= 11 is 0. The van der Waals surface area contributed by atoms with Crippen LogP contribution in [0, 0.1) is 6.92 Å². The van der Waals surface area contributed by atoms with Crippen molar-refractivity contribution in [3.63, 3.8) is 0 Å². The van der Waals surface area contributed by atoms with Gasteiger partial charge < -0.3 is 16.0 Å². The molecule has 1 aliphatic heterocycles. The van der Waals surface area contributed by atoms with E-state index in [0.717, 1.165) is 42.5 Å². The number of hydrogen-bond donors (Lipinski definition) is 3. The van der Waals surface area contributed by atoms with Crippen molar-refractivity contribution in [1.82, 2.24) is 30.0 Å². The van der Waals surface area contributed by atoms with Crippen molar-refractivity contribution < 1.29 is 0 Å². The van der Waals surface area contributed by atoms with Crippen LogP contribution in [0.4, 0.5) is 17.5 Å². The summed E-state index contributed by atoms with van der Waals surface area (Å²) < 4.78 is 1.75. The fourth-order valence-electron chi connectivity index (χ4n) is 2.78. The molecular formula is C17H20N8. The number of aryl methyl sites for hydroxylation is 1. The lowest BCUT2D eigenvalue weighted by molar-refractivity contribution is 0.787. The van der Waals surface area contributed by atoms with E-state index in [1.807, 2.05) is 37.3 Å². The first-order valence-electron chi connectivity index (χ1n) is 8.32. The van der Waals surface area contributed by atoms with Gasteiger partial charge in [0, 0.05) is 24.5 Å². The lowest BCUT2D eigenvalue weighted by Gasteiger charge is -2.13. The Kier molecular flexibility index (Phi) is 4.26. The third-order valence-electron chi connectivity index (χ3n) is 4.06. The van der Waals surface area contributed by atoms with E-state index < -0.39 is 0 Å². The van der Waals surface area contributed by atoms with Crippen LogP contribution in [-0.2, 0) is 0 Å². The number of anilines is 3. The molecule has 0 amide bonds. The molecule has 8 nitrogen and oxygen atoms in total. The van der Waals surface area contributed by atoms with Crippen LogP contribution in [0.25, 0.3) is 5.69 Å². The maximum atomic E-state index is 4.53. The minimum atomic E-state index is 0.424. The minimum absolute atomic E-state index is 0.424. The van der Waals surface area contributed by atoms with E-state index in [2.05, 4.69) is 36.0 Å². The van der Waals surface area contributed by atoms with Crippen molar-refractivity contribution in [2.75, 3.05) is 23.7 Å². The molecule has 8 heteroatoms. The Hall–Kier alpha value is -3.00. The topological polar surface area (TPSA) is 92.6 Å². The summed E-state index contributed by atoms with van der Waals surface area (Å²) in [6.07, 6.45) is 4.57. The fraction of sp³-hybridized carbons (Fsp3) is 0.294. The molecule has 1 aromatic carbocycles. The first-order valence-corrected chi connectivity index (χ1v) is 8.32. The van der Waals surface area contributed by atoms with E-state index in [-0.39, 0.29) is 0 Å². The van der Waals surface area contributed by atoms with Crippen molar-refractivity contribution in [3.05, 3.63) is 48.7 Å². The van der Waals surface area contributed by atoms with E-state index in [0.29, 0.717) is 12.0 Å². The molecule has 3 aromatic rings. The van der Waals surface area contributed by atoms with Crippen molar-refractivity contribution in [3.8, 4) is 5.69 Å². The SMILES string of the molecule is Cc1ncn(-c2ccc(Nc3nccc(NC4CCNC4)n3)cc2)n1. The summed E-state index contributed by atoms with van der Waals surface area (Å²) in [4.78, 5) is 13.0. The molecule has 0 bridgehead atoms. The molecule has 1 aliphatic rings. The summed E-state index contributed by atoms with van der Waals surface area (Å²) in [7, 11) is 0. The maximum Gasteiger partial charge on any atom is 0.229 e. The van der Waals surface area contributed by atoms with Gasteiger partial charge in [0.15, 0.2) is 0 Å². The Balaban J connectivity index is 1.44. The van der Waals surface area contributed by atoms with Gasteiger partial charge in [-0.25, -0.2) is 14.6 Å². The van der Waals surface area contributed by atoms with E-state index in [1.165, 1.54) is 0 Å². The van der Waals surface area contributed by atoms with E-state index >= 15 is 0 Å². The maximum absolute atomic E-state index is 4.53. The largest absolute Gasteiger partial charge is 0.366 e. The fourth-order valence-corrected chi connectivity index (χ4v) is 2.78. The summed E-state index contributed by atoms with van der Waals surface area (Å²) in [6, 6.07) is 10.2. The highest BCUT2D eigenvalue weighted by molar-refractivity contribution is 5.56. The molecule has 1 atom stereocenters. The van der Waals surface area contributed by atoms with Crippen molar-refractivity contribution in [2.45, 2.75) is 19.4 Å². The summed E-state index contributed by atoms with van der Waals surface area (Å²) in [5.41, 5.74) is 1.87. The molecule has 25 heavy (non-hydrogen) atoms. The molecule has 0 radical (unpaired) electrons. The predicted octanol–water partition coefficient (Wildman–Crippen LogP) is 1.88. The second-order valence-corrected chi connectivity index (χ2v) is 6.01. The number of hydrogen-bond acceptors (Lipinski definition) is 7. The molecule has 1 fully saturated rings. The molecule has 4 rings (SSSR count). The smallest absolute Gasteiger partial charge is 0.229 e. The molecule has 0 saturated carbocycles. The Labute approximate surface area is 145 Å². The molecular weight excluding hydrogens is 316 g/mol. The summed E-state index contributed by atoms with van der Waals surface area (Å²) in [5.74, 6) is 2.15. The Morgan fingerprint density at radius 3 is 2.76 bits per heavy atom. The van der Waals surface area contributed by atoms with Crippen molar-refractivity contribution in [1.29, 1.82) is 0 Å². The third kappa shape index (κ3) is 3.74. The lowest BCUT2D eigenvalue weighted by atomic mass is 10.2. The number of nitrogens with zero attached hydrogens (tertiary/aromatic N) is 5. The normalized spacial score (nSPS) is 16.8. The lowest BCUT2D eigenvalue weighted by Crippen LogP contribution is -2.22. The Morgan fingerprint density at radius 1 is 1.16 bits per heavy atom. The van der Waals surface area contributed by atoms with Gasteiger partial charge in [-0.3, -0.25) is 0 Å². The van der Waals surface area contributed by atoms with E-state index in [1.54, 1.807) is 17.2 Å². The molecule has 3 N–H and O–H groups in total. The summed E-state index contributed by atoms with van der Waals surface area (Å²) in [5, 5.41) is 14.3. The van der Waals surface area contributed by atoms with Gasteiger partial charge in [0.05, 0.1) is 5.69 Å². The molecule has 1 unspecified atom stereocenters. The van der Waals surface area contributed by atoms with Crippen LogP contribution in [0.3, 0.4) is 0 Å². The van der Waals surface area contributed by atoms with Crippen molar-refractivity contribution >= 4 is 17.5 Å². The van der Waals surface area contributed by atoms with Gasteiger partial charge in [0.1, 0.15) is 18.0 Å². The molecule has 1 saturated heterocycles. The molecule has 3 heterocycles. The van der Waals surface area contributed by atoms with Crippen LogP contribution in [0.15, 0.2) is 42.9 Å². The monoisotopic (exact) mass is 336 g/mol. The van der Waals surface area contributed by atoms with Crippen LogP contribution in [0.1, 0.15) is 12.2 Å². The highest BCUT2D eigenvalue weighted by Gasteiger charge is 2.14. The van der Waals surface area contributed by atoms with Crippen LogP contribution in [0.2, 0.25) is 0 Å². The molecule has 0 spiro atoms. The zero-order valence-electron chi connectivity index (χ0n) is 14.0. The van der Waals surface area contributed by atoms with Gasteiger partial charge >= 0.3 is 0 Å². The third-order valence-corrected chi connectivity index (χ3v) is 4.06. The highest BCUT2D eigenvalue weighted by atomic mass is 15.3. The number of aromatic nitrogens is 5. The van der Waals surface area contributed by atoms with Gasteiger partial charge in [-0.1, -0.05) is 0 Å². The molecule has 128 valence electrons. The first-order chi connectivity index (χ1) is 12.3. The molecule has 0 aliphatic carbocycles. The van der Waals surface area contributed by atoms with Crippen LogP contribution in [0.5, 0.6) is 0 Å². The average molecular weight is 336 g/mol. The van der Waals surface area contributed by atoms with Gasteiger partial charge in [0.25, 0.3) is 0 Å².